The Balaban J connectivity index is 2.58. The van der Waals surface area contributed by atoms with Crippen LogP contribution in [-0.2, 0) is 6.54 Å². The van der Waals surface area contributed by atoms with E-state index >= 15 is 0 Å². The standard InChI is InChI=1S/C9H8N2O2/c12-9-10-6-2-1-3-7-8(6)11(9)4-5-13-7/h1-3H,4-5H2,(H,10,12). The molecule has 1 aliphatic heterocycles. The van der Waals surface area contributed by atoms with E-state index in [-0.39, 0.29) is 5.69 Å². The number of aromatic nitrogens is 2. The van der Waals surface area contributed by atoms with Crippen molar-refractivity contribution < 1.29 is 4.74 Å². The molecule has 4 heteroatoms. The smallest absolute Gasteiger partial charge is 0.326 e. The van der Waals surface area contributed by atoms with E-state index in [1.165, 1.54) is 0 Å². The third-order valence-electron chi connectivity index (χ3n) is 2.33. The van der Waals surface area contributed by atoms with Gasteiger partial charge in [0.15, 0.2) is 0 Å². The Hall–Kier alpha value is -1.71. The molecule has 13 heavy (non-hydrogen) atoms. The van der Waals surface area contributed by atoms with Crippen LogP contribution in [-0.4, -0.2) is 16.2 Å². The summed E-state index contributed by atoms with van der Waals surface area (Å²) in [6, 6.07) is 5.64. The van der Waals surface area contributed by atoms with Crippen molar-refractivity contribution in [1.29, 1.82) is 0 Å². The SMILES string of the molecule is O=c1[nH]c2cccc3c2n1CCO3. The van der Waals surface area contributed by atoms with E-state index in [9.17, 15) is 4.79 Å². The summed E-state index contributed by atoms with van der Waals surface area (Å²) in [6.07, 6.45) is 0. The molecular formula is C9H8N2O2. The van der Waals surface area contributed by atoms with Gasteiger partial charge in [0.25, 0.3) is 0 Å². The molecule has 2 heterocycles. The Labute approximate surface area is 73.8 Å². The normalized spacial score (nSPS) is 14.5. The average molecular weight is 176 g/mol. The van der Waals surface area contributed by atoms with Crippen LogP contribution in [0.15, 0.2) is 23.0 Å². The van der Waals surface area contributed by atoms with Crippen molar-refractivity contribution in [1.82, 2.24) is 9.55 Å². The van der Waals surface area contributed by atoms with Crippen molar-refractivity contribution in [2.24, 2.45) is 0 Å². The third kappa shape index (κ3) is 0.771. The van der Waals surface area contributed by atoms with Crippen LogP contribution in [0, 0.1) is 0 Å². The molecule has 0 unspecified atom stereocenters. The number of ether oxygens (including phenoxy) is 1. The van der Waals surface area contributed by atoms with Crippen LogP contribution in [0.3, 0.4) is 0 Å². The first-order valence-corrected chi connectivity index (χ1v) is 4.20. The summed E-state index contributed by atoms with van der Waals surface area (Å²) in [5.41, 5.74) is 1.69. The van der Waals surface area contributed by atoms with Crippen LogP contribution >= 0.6 is 0 Å². The van der Waals surface area contributed by atoms with Crippen LogP contribution < -0.4 is 10.4 Å². The number of hydrogen-bond donors (Lipinski definition) is 1. The van der Waals surface area contributed by atoms with Crippen LogP contribution in [0.2, 0.25) is 0 Å². The molecule has 2 aromatic rings. The zero-order chi connectivity index (χ0) is 8.84. The van der Waals surface area contributed by atoms with Crippen molar-refractivity contribution >= 4 is 11.0 Å². The maximum atomic E-state index is 11.4. The molecule has 0 fully saturated rings. The zero-order valence-corrected chi connectivity index (χ0v) is 6.91. The summed E-state index contributed by atoms with van der Waals surface area (Å²) in [7, 11) is 0. The summed E-state index contributed by atoms with van der Waals surface area (Å²) in [5.74, 6) is 0.794. The Morgan fingerprint density at radius 2 is 2.38 bits per heavy atom. The van der Waals surface area contributed by atoms with E-state index < -0.39 is 0 Å². The van der Waals surface area contributed by atoms with Gasteiger partial charge >= 0.3 is 5.69 Å². The van der Waals surface area contributed by atoms with Gasteiger partial charge in [-0.25, -0.2) is 4.79 Å². The summed E-state index contributed by atoms with van der Waals surface area (Å²) < 4.78 is 7.15. The Kier molecular flexibility index (Phi) is 1.12. The van der Waals surface area contributed by atoms with E-state index in [0.717, 1.165) is 16.8 Å². The number of nitrogens with zero attached hydrogens (tertiary/aromatic N) is 1. The van der Waals surface area contributed by atoms with Gasteiger partial charge in [-0.1, -0.05) is 6.07 Å². The third-order valence-corrected chi connectivity index (χ3v) is 2.33. The minimum atomic E-state index is -0.0502. The van der Waals surface area contributed by atoms with Gasteiger partial charge in [0.05, 0.1) is 12.1 Å². The number of hydrogen-bond acceptors (Lipinski definition) is 2. The highest BCUT2D eigenvalue weighted by Crippen LogP contribution is 2.25. The lowest BCUT2D eigenvalue weighted by atomic mass is 10.3. The maximum Gasteiger partial charge on any atom is 0.326 e. The lowest BCUT2D eigenvalue weighted by Crippen LogP contribution is -2.23. The lowest BCUT2D eigenvalue weighted by molar-refractivity contribution is 0.285. The molecule has 1 aromatic carbocycles. The molecule has 1 N–H and O–H groups in total. The van der Waals surface area contributed by atoms with Crippen molar-refractivity contribution in [3.05, 3.63) is 28.7 Å². The second-order valence-corrected chi connectivity index (χ2v) is 3.08. The summed E-state index contributed by atoms with van der Waals surface area (Å²) >= 11 is 0. The topological polar surface area (TPSA) is 47.0 Å². The molecule has 3 rings (SSSR count). The van der Waals surface area contributed by atoms with Crippen LogP contribution in [0.5, 0.6) is 5.75 Å². The molecule has 4 nitrogen and oxygen atoms in total. The number of benzene rings is 1. The Morgan fingerprint density at radius 3 is 3.31 bits per heavy atom. The van der Waals surface area contributed by atoms with E-state index in [2.05, 4.69) is 4.98 Å². The van der Waals surface area contributed by atoms with Gasteiger partial charge in [0.2, 0.25) is 0 Å². The van der Waals surface area contributed by atoms with Gasteiger partial charge in [0, 0.05) is 0 Å². The predicted octanol–water partition coefficient (Wildman–Crippen LogP) is 0.722. The van der Waals surface area contributed by atoms with Crippen molar-refractivity contribution in [2.45, 2.75) is 6.54 Å². The molecule has 0 aliphatic carbocycles. The Morgan fingerprint density at radius 1 is 1.46 bits per heavy atom. The van der Waals surface area contributed by atoms with Gasteiger partial charge in [0.1, 0.15) is 17.9 Å². The molecule has 0 saturated carbocycles. The molecule has 0 amide bonds. The van der Waals surface area contributed by atoms with Gasteiger partial charge in [-0.2, -0.15) is 0 Å². The van der Waals surface area contributed by atoms with Crippen LogP contribution in [0.4, 0.5) is 0 Å². The molecule has 1 aliphatic rings. The monoisotopic (exact) mass is 176 g/mol. The number of rotatable bonds is 0. The molecule has 0 saturated heterocycles. The molecule has 66 valence electrons. The van der Waals surface area contributed by atoms with E-state index in [1.807, 2.05) is 18.2 Å². The molecule has 0 spiro atoms. The number of para-hydroxylation sites is 1. The lowest BCUT2D eigenvalue weighted by Gasteiger charge is -2.14. The van der Waals surface area contributed by atoms with Gasteiger partial charge in [-0.05, 0) is 12.1 Å². The maximum absolute atomic E-state index is 11.4. The van der Waals surface area contributed by atoms with Crippen LogP contribution in [0.1, 0.15) is 0 Å². The summed E-state index contributed by atoms with van der Waals surface area (Å²) in [4.78, 5) is 14.2. The van der Waals surface area contributed by atoms with Crippen molar-refractivity contribution in [2.75, 3.05) is 6.61 Å². The second-order valence-electron chi connectivity index (χ2n) is 3.08. The minimum absolute atomic E-state index is 0.0502. The molecule has 0 radical (unpaired) electrons. The first kappa shape index (κ1) is 6.77. The molecular weight excluding hydrogens is 168 g/mol. The van der Waals surface area contributed by atoms with E-state index in [1.54, 1.807) is 4.57 Å². The number of imidazole rings is 1. The van der Waals surface area contributed by atoms with Gasteiger partial charge < -0.3 is 9.72 Å². The quantitative estimate of drug-likeness (QED) is 0.643. The molecule has 0 atom stereocenters. The van der Waals surface area contributed by atoms with Crippen molar-refractivity contribution in [3.8, 4) is 5.75 Å². The largest absolute Gasteiger partial charge is 0.489 e. The van der Waals surface area contributed by atoms with Crippen LogP contribution in [0.25, 0.3) is 11.0 Å². The fourth-order valence-electron chi connectivity index (χ4n) is 1.76. The highest BCUT2D eigenvalue weighted by Gasteiger charge is 2.15. The number of aromatic amines is 1. The highest BCUT2D eigenvalue weighted by molar-refractivity contribution is 5.82. The molecule has 0 bridgehead atoms. The van der Waals surface area contributed by atoms with Crippen molar-refractivity contribution in [3.63, 3.8) is 0 Å². The second kappa shape index (κ2) is 2.16. The first-order valence-electron chi connectivity index (χ1n) is 4.20. The number of H-pyrrole nitrogens is 1. The minimum Gasteiger partial charge on any atom is -0.489 e. The highest BCUT2D eigenvalue weighted by atomic mass is 16.5. The fraction of sp³-hybridized carbons (Fsp3) is 0.222. The van der Waals surface area contributed by atoms with Gasteiger partial charge in [-0.15, -0.1) is 0 Å². The van der Waals surface area contributed by atoms with Gasteiger partial charge in [-0.3, -0.25) is 4.57 Å². The fourth-order valence-corrected chi connectivity index (χ4v) is 1.76. The van der Waals surface area contributed by atoms with E-state index in [4.69, 9.17) is 4.74 Å². The molecule has 1 aromatic heterocycles. The first-order chi connectivity index (χ1) is 6.36. The Bertz CT molecular complexity index is 524. The summed E-state index contributed by atoms with van der Waals surface area (Å²) in [5, 5.41) is 0. The zero-order valence-electron chi connectivity index (χ0n) is 6.91. The summed E-state index contributed by atoms with van der Waals surface area (Å²) in [6.45, 7) is 1.21. The average Bonchev–Trinajstić information content (AvgIpc) is 2.47. The van der Waals surface area contributed by atoms with E-state index in [0.29, 0.717) is 13.2 Å². The number of nitrogens with one attached hydrogen (secondary N) is 1. The predicted molar refractivity (Wildman–Crippen MR) is 48.1 cm³/mol.